The lowest BCUT2D eigenvalue weighted by Gasteiger charge is -2.32. The molecule has 0 aromatic heterocycles. The molecule has 5 nitrogen and oxygen atoms in total. The van der Waals surface area contributed by atoms with Crippen molar-refractivity contribution >= 4 is 17.7 Å². The number of likely N-dealkylation sites (tertiary alicyclic amines) is 1. The molecule has 2 aliphatic rings. The molecule has 0 radical (unpaired) electrons. The van der Waals surface area contributed by atoms with Gasteiger partial charge in [0.05, 0.1) is 0 Å². The average Bonchev–Trinajstić information content (AvgIpc) is 3.08. The van der Waals surface area contributed by atoms with Gasteiger partial charge in [-0.05, 0) is 58.6 Å². The van der Waals surface area contributed by atoms with Crippen molar-refractivity contribution in [1.29, 1.82) is 0 Å². The predicted octanol–water partition coefficient (Wildman–Crippen LogP) is 3.36. The van der Waals surface area contributed by atoms with Gasteiger partial charge in [-0.3, -0.25) is 9.69 Å². The monoisotopic (exact) mass is 330 g/mol. The van der Waals surface area contributed by atoms with Crippen molar-refractivity contribution in [2.75, 3.05) is 11.4 Å². The normalized spacial score (nSPS) is 23.3. The SMILES string of the molecule is CC1Cc2ccccc2N1C(=O)[C@@H]1CCCN1C(=O)OC(C)(C)C. The fourth-order valence-electron chi connectivity index (χ4n) is 3.62. The molecular weight excluding hydrogens is 304 g/mol. The summed E-state index contributed by atoms with van der Waals surface area (Å²) < 4.78 is 5.48. The molecule has 1 saturated heterocycles. The third kappa shape index (κ3) is 3.12. The van der Waals surface area contributed by atoms with Crippen molar-refractivity contribution in [3.8, 4) is 0 Å². The van der Waals surface area contributed by atoms with Crippen LogP contribution < -0.4 is 4.90 Å². The highest BCUT2D eigenvalue weighted by Crippen LogP contribution is 2.34. The molecule has 1 fully saturated rings. The topological polar surface area (TPSA) is 49.9 Å². The van der Waals surface area contributed by atoms with Gasteiger partial charge in [-0.2, -0.15) is 0 Å². The number of para-hydroxylation sites is 1. The lowest BCUT2D eigenvalue weighted by Crippen LogP contribution is -2.50. The predicted molar refractivity (Wildman–Crippen MR) is 93.1 cm³/mol. The van der Waals surface area contributed by atoms with E-state index in [-0.39, 0.29) is 11.9 Å². The largest absolute Gasteiger partial charge is 0.444 e. The summed E-state index contributed by atoms with van der Waals surface area (Å²) in [5, 5.41) is 0. The van der Waals surface area contributed by atoms with Crippen LogP contribution in [0.25, 0.3) is 0 Å². The second-order valence-corrected chi connectivity index (χ2v) is 7.72. The van der Waals surface area contributed by atoms with Crippen molar-refractivity contribution in [2.45, 2.75) is 64.6 Å². The van der Waals surface area contributed by atoms with Gasteiger partial charge in [0.15, 0.2) is 0 Å². The summed E-state index contributed by atoms with van der Waals surface area (Å²) in [5.74, 6) is 0.0100. The van der Waals surface area contributed by atoms with Gasteiger partial charge in [-0.25, -0.2) is 4.79 Å². The Morgan fingerprint density at radius 3 is 2.62 bits per heavy atom. The summed E-state index contributed by atoms with van der Waals surface area (Å²) in [6, 6.07) is 7.71. The zero-order chi connectivity index (χ0) is 17.5. The van der Waals surface area contributed by atoms with E-state index in [1.165, 1.54) is 5.56 Å². The Kier molecular flexibility index (Phi) is 4.28. The third-order valence-electron chi connectivity index (χ3n) is 4.61. The van der Waals surface area contributed by atoms with Crippen LogP contribution in [0, 0.1) is 0 Å². The number of carbonyl (C=O) groups excluding carboxylic acids is 2. The number of fused-ring (bicyclic) bond motifs is 1. The van der Waals surface area contributed by atoms with Gasteiger partial charge in [-0.15, -0.1) is 0 Å². The van der Waals surface area contributed by atoms with E-state index in [0.717, 1.165) is 18.5 Å². The lowest BCUT2D eigenvalue weighted by molar-refractivity contribution is -0.123. The van der Waals surface area contributed by atoms with Crippen molar-refractivity contribution in [2.24, 2.45) is 0 Å². The van der Waals surface area contributed by atoms with Crippen LogP contribution in [0.1, 0.15) is 46.1 Å². The van der Waals surface area contributed by atoms with E-state index in [0.29, 0.717) is 13.0 Å². The van der Waals surface area contributed by atoms with E-state index in [4.69, 9.17) is 4.74 Å². The number of hydrogen-bond acceptors (Lipinski definition) is 3. The number of hydrogen-bond donors (Lipinski definition) is 0. The number of anilines is 1. The molecule has 2 heterocycles. The Morgan fingerprint density at radius 2 is 1.92 bits per heavy atom. The van der Waals surface area contributed by atoms with E-state index >= 15 is 0 Å². The van der Waals surface area contributed by atoms with Crippen molar-refractivity contribution in [3.05, 3.63) is 29.8 Å². The van der Waals surface area contributed by atoms with Crippen LogP contribution in [-0.4, -0.2) is 41.1 Å². The molecule has 1 unspecified atom stereocenters. The fraction of sp³-hybridized carbons (Fsp3) is 0.579. The Morgan fingerprint density at radius 1 is 1.21 bits per heavy atom. The van der Waals surface area contributed by atoms with Gasteiger partial charge >= 0.3 is 6.09 Å². The molecule has 1 aromatic rings. The zero-order valence-corrected chi connectivity index (χ0v) is 14.9. The number of benzene rings is 1. The molecule has 1 aromatic carbocycles. The summed E-state index contributed by atoms with van der Waals surface area (Å²) in [7, 11) is 0. The molecule has 2 aliphatic heterocycles. The highest BCUT2D eigenvalue weighted by Gasteiger charge is 2.42. The summed E-state index contributed by atoms with van der Waals surface area (Å²) in [4.78, 5) is 29.1. The third-order valence-corrected chi connectivity index (χ3v) is 4.61. The molecule has 2 amide bonds. The van der Waals surface area contributed by atoms with E-state index in [2.05, 4.69) is 13.0 Å². The molecule has 3 rings (SSSR count). The maximum Gasteiger partial charge on any atom is 0.410 e. The fourth-order valence-corrected chi connectivity index (χ4v) is 3.62. The standard InChI is InChI=1S/C19H26N2O3/c1-13-12-14-8-5-6-9-15(14)21(13)17(22)16-10-7-11-20(16)18(23)24-19(2,3)4/h5-6,8-9,13,16H,7,10-12H2,1-4H3/t13?,16-/m0/s1. The molecule has 0 N–H and O–H groups in total. The maximum absolute atomic E-state index is 13.2. The van der Waals surface area contributed by atoms with Crippen LogP contribution >= 0.6 is 0 Å². The summed E-state index contributed by atoms with van der Waals surface area (Å²) in [5.41, 5.74) is 1.62. The Bertz CT molecular complexity index is 650. The Labute approximate surface area is 143 Å². The Hall–Kier alpha value is -2.04. The quantitative estimate of drug-likeness (QED) is 0.793. The average molecular weight is 330 g/mol. The molecule has 0 saturated carbocycles. The van der Waals surface area contributed by atoms with Crippen LogP contribution in [0.15, 0.2) is 24.3 Å². The minimum absolute atomic E-state index is 0.0100. The number of ether oxygens (including phenoxy) is 1. The number of nitrogens with zero attached hydrogens (tertiary/aromatic N) is 2. The summed E-state index contributed by atoms with van der Waals surface area (Å²) in [6.07, 6.45) is 2.00. The highest BCUT2D eigenvalue weighted by molar-refractivity contribution is 6.01. The van der Waals surface area contributed by atoms with Gasteiger partial charge < -0.3 is 9.64 Å². The lowest BCUT2D eigenvalue weighted by atomic mass is 10.1. The molecule has 2 atom stereocenters. The molecular formula is C19H26N2O3. The van der Waals surface area contributed by atoms with E-state index < -0.39 is 17.7 Å². The van der Waals surface area contributed by atoms with Gasteiger partial charge in [0.1, 0.15) is 11.6 Å². The highest BCUT2D eigenvalue weighted by atomic mass is 16.6. The Balaban J connectivity index is 1.80. The summed E-state index contributed by atoms with van der Waals surface area (Å²) in [6.45, 7) is 8.17. The molecule has 24 heavy (non-hydrogen) atoms. The smallest absolute Gasteiger partial charge is 0.410 e. The first-order chi connectivity index (χ1) is 11.3. The van der Waals surface area contributed by atoms with Crippen molar-refractivity contribution in [3.63, 3.8) is 0 Å². The van der Waals surface area contributed by atoms with Crippen molar-refractivity contribution < 1.29 is 14.3 Å². The van der Waals surface area contributed by atoms with Crippen LogP contribution in [-0.2, 0) is 16.0 Å². The minimum Gasteiger partial charge on any atom is -0.444 e. The van der Waals surface area contributed by atoms with E-state index in [1.54, 1.807) is 4.90 Å². The van der Waals surface area contributed by atoms with Crippen LogP contribution in [0.3, 0.4) is 0 Å². The maximum atomic E-state index is 13.2. The minimum atomic E-state index is -0.555. The molecule has 130 valence electrons. The zero-order valence-electron chi connectivity index (χ0n) is 14.9. The number of amides is 2. The molecule has 0 aliphatic carbocycles. The van der Waals surface area contributed by atoms with Crippen LogP contribution in [0.4, 0.5) is 10.5 Å². The first-order valence-corrected chi connectivity index (χ1v) is 8.68. The van der Waals surface area contributed by atoms with Crippen molar-refractivity contribution in [1.82, 2.24) is 4.90 Å². The second-order valence-electron chi connectivity index (χ2n) is 7.72. The van der Waals surface area contributed by atoms with Crippen LogP contribution in [0.2, 0.25) is 0 Å². The number of rotatable bonds is 1. The van der Waals surface area contributed by atoms with Gasteiger partial charge in [-0.1, -0.05) is 18.2 Å². The number of carbonyl (C=O) groups is 2. The first kappa shape index (κ1) is 16.8. The van der Waals surface area contributed by atoms with Crippen LogP contribution in [0.5, 0.6) is 0 Å². The molecule has 5 heteroatoms. The van der Waals surface area contributed by atoms with Gasteiger partial charge in [0, 0.05) is 18.3 Å². The van der Waals surface area contributed by atoms with E-state index in [9.17, 15) is 9.59 Å². The van der Waals surface area contributed by atoms with Gasteiger partial charge in [0.2, 0.25) is 5.91 Å². The summed E-state index contributed by atoms with van der Waals surface area (Å²) >= 11 is 0. The second kappa shape index (κ2) is 6.11. The molecule has 0 bridgehead atoms. The first-order valence-electron chi connectivity index (χ1n) is 8.68. The van der Waals surface area contributed by atoms with Gasteiger partial charge in [0.25, 0.3) is 0 Å². The van der Waals surface area contributed by atoms with E-state index in [1.807, 2.05) is 43.9 Å². The molecule has 0 spiro atoms.